The Balaban J connectivity index is 2.30. The molecule has 20 heavy (non-hydrogen) atoms. The Hall–Kier alpha value is -1.52. The Morgan fingerprint density at radius 3 is 2.50 bits per heavy atom. The third kappa shape index (κ3) is 3.32. The Labute approximate surface area is 121 Å². The first-order valence-corrected chi connectivity index (χ1v) is 7.76. The van der Waals surface area contributed by atoms with Crippen LogP contribution >= 0.6 is 0 Å². The molecule has 0 aliphatic heterocycles. The molecular formula is C16H18FNOS. The SMILES string of the molecule is Cc1ccc(S(=O)Cc2cc(F)ccc2CN)c(C)c1. The zero-order chi connectivity index (χ0) is 14.7. The summed E-state index contributed by atoms with van der Waals surface area (Å²) in [6.45, 7) is 4.26. The summed E-state index contributed by atoms with van der Waals surface area (Å²) in [6, 6.07) is 10.3. The van der Waals surface area contributed by atoms with Crippen molar-refractivity contribution in [2.45, 2.75) is 31.0 Å². The van der Waals surface area contributed by atoms with Crippen molar-refractivity contribution < 1.29 is 8.60 Å². The molecule has 2 rings (SSSR count). The van der Waals surface area contributed by atoms with Crippen LogP contribution in [-0.4, -0.2) is 4.21 Å². The topological polar surface area (TPSA) is 43.1 Å². The first-order chi connectivity index (χ1) is 9.51. The van der Waals surface area contributed by atoms with E-state index in [-0.39, 0.29) is 11.6 Å². The van der Waals surface area contributed by atoms with Gasteiger partial charge < -0.3 is 5.73 Å². The second-order valence-electron chi connectivity index (χ2n) is 4.88. The highest BCUT2D eigenvalue weighted by Crippen LogP contribution is 2.20. The highest BCUT2D eigenvalue weighted by molar-refractivity contribution is 7.84. The third-order valence-electron chi connectivity index (χ3n) is 3.25. The largest absolute Gasteiger partial charge is 0.326 e. The van der Waals surface area contributed by atoms with Gasteiger partial charge in [0.25, 0.3) is 0 Å². The van der Waals surface area contributed by atoms with E-state index in [9.17, 15) is 8.60 Å². The Morgan fingerprint density at radius 1 is 1.10 bits per heavy atom. The zero-order valence-corrected chi connectivity index (χ0v) is 12.5. The van der Waals surface area contributed by atoms with Gasteiger partial charge in [-0.15, -0.1) is 0 Å². The van der Waals surface area contributed by atoms with E-state index >= 15 is 0 Å². The molecule has 2 N–H and O–H groups in total. The zero-order valence-electron chi connectivity index (χ0n) is 11.7. The summed E-state index contributed by atoms with van der Waals surface area (Å²) >= 11 is 0. The fourth-order valence-corrected chi connectivity index (χ4v) is 3.55. The minimum atomic E-state index is -1.20. The van der Waals surface area contributed by atoms with Crippen LogP contribution in [0.3, 0.4) is 0 Å². The number of hydrogen-bond donors (Lipinski definition) is 1. The molecule has 0 radical (unpaired) electrons. The first-order valence-electron chi connectivity index (χ1n) is 6.44. The van der Waals surface area contributed by atoms with Crippen molar-refractivity contribution in [1.82, 2.24) is 0 Å². The van der Waals surface area contributed by atoms with Crippen molar-refractivity contribution in [3.63, 3.8) is 0 Å². The first kappa shape index (κ1) is 14.9. The average Bonchev–Trinajstić information content (AvgIpc) is 2.38. The highest BCUT2D eigenvalue weighted by atomic mass is 32.2. The number of hydrogen-bond acceptors (Lipinski definition) is 2. The average molecular weight is 291 g/mol. The molecule has 0 saturated carbocycles. The lowest BCUT2D eigenvalue weighted by Crippen LogP contribution is -2.06. The maximum absolute atomic E-state index is 13.3. The molecule has 0 fully saturated rings. The van der Waals surface area contributed by atoms with Gasteiger partial charge in [-0.25, -0.2) is 4.39 Å². The van der Waals surface area contributed by atoms with Gasteiger partial charge in [0.15, 0.2) is 0 Å². The summed E-state index contributed by atoms with van der Waals surface area (Å²) < 4.78 is 25.8. The summed E-state index contributed by atoms with van der Waals surface area (Å²) in [7, 11) is -1.20. The molecular weight excluding hydrogens is 273 g/mol. The van der Waals surface area contributed by atoms with Crippen LogP contribution < -0.4 is 5.73 Å². The number of aryl methyl sites for hydroxylation is 2. The summed E-state index contributed by atoms with van der Waals surface area (Å²) in [4.78, 5) is 0.794. The third-order valence-corrected chi connectivity index (χ3v) is 4.77. The number of benzene rings is 2. The van der Waals surface area contributed by atoms with Crippen LogP contribution in [0.25, 0.3) is 0 Å². The van der Waals surface area contributed by atoms with Crippen LogP contribution in [0.5, 0.6) is 0 Å². The van der Waals surface area contributed by atoms with E-state index in [2.05, 4.69) is 0 Å². The smallest absolute Gasteiger partial charge is 0.123 e. The molecule has 2 aromatic rings. The number of nitrogens with two attached hydrogens (primary N) is 1. The van der Waals surface area contributed by atoms with Crippen molar-refractivity contribution in [2.75, 3.05) is 0 Å². The maximum atomic E-state index is 13.3. The van der Waals surface area contributed by atoms with Crippen LogP contribution in [0.1, 0.15) is 22.3 Å². The van der Waals surface area contributed by atoms with Crippen molar-refractivity contribution in [3.8, 4) is 0 Å². The molecule has 0 bridgehead atoms. The van der Waals surface area contributed by atoms with Crippen LogP contribution in [-0.2, 0) is 23.1 Å². The predicted octanol–water partition coefficient (Wildman–Crippen LogP) is 3.21. The molecule has 0 amide bonds. The Bertz CT molecular complexity index is 655. The molecule has 1 unspecified atom stereocenters. The molecule has 2 nitrogen and oxygen atoms in total. The van der Waals surface area contributed by atoms with Crippen molar-refractivity contribution >= 4 is 10.8 Å². The van der Waals surface area contributed by atoms with Crippen LogP contribution in [0.4, 0.5) is 4.39 Å². The lowest BCUT2D eigenvalue weighted by molar-refractivity contribution is 0.625. The lowest BCUT2D eigenvalue weighted by atomic mass is 10.1. The Kier molecular flexibility index (Phi) is 4.68. The lowest BCUT2D eigenvalue weighted by Gasteiger charge is -2.10. The standard InChI is InChI=1S/C16H18FNOS/c1-11-3-6-16(12(2)7-11)20(19)10-14-8-15(17)5-4-13(14)9-18/h3-8H,9-10,18H2,1-2H3. The van der Waals surface area contributed by atoms with Crippen molar-refractivity contribution in [3.05, 3.63) is 64.5 Å². The minimum absolute atomic E-state index is 0.286. The van der Waals surface area contributed by atoms with Crippen LogP contribution in [0, 0.1) is 19.7 Å². The molecule has 4 heteroatoms. The summed E-state index contributed by atoms with van der Waals surface area (Å²) in [5, 5.41) is 0. The van der Waals surface area contributed by atoms with Gasteiger partial charge in [0, 0.05) is 11.4 Å². The second-order valence-corrected chi connectivity index (χ2v) is 6.30. The summed E-state index contributed by atoms with van der Waals surface area (Å²) in [5.41, 5.74) is 9.32. The van der Waals surface area contributed by atoms with Gasteiger partial charge in [0.05, 0.1) is 16.6 Å². The maximum Gasteiger partial charge on any atom is 0.123 e. The molecule has 2 aromatic carbocycles. The van der Waals surface area contributed by atoms with Gasteiger partial charge in [0.1, 0.15) is 5.82 Å². The monoisotopic (exact) mass is 291 g/mol. The molecule has 1 atom stereocenters. The molecule has 0 aliphatic carbocycles. The van der Waals surface area contributed by atoms with Gasteiger partial charge in [-0.2, -0.15) is 0 Å². The molecule has 0 aliphatic rings. The van der Waals surface area contributed by atoms with E-state index in [1.165, 1.54) is 12.1 Å². The van der Waals surface area contributed by atoms with Gasteiger partial charge in [0.2, 0.25) is 0 Å². The van der Waals surface area contributed by atoms with E-state index in [4.69, 9.17) is 5.73 Å². The van der Waals surface area contributed by atoms with Gasteiger partial charge >= 0.3 is 0 Å². The summed E-state index contributed by atoms with van der Waals surface area (Å²) in [6.07, 6.45) is 0. The van der Waals surface area contributed by atoms with Gasteiger partial charge in [-0.05, 0) is 48.7 Å². The molecule has 106 valence electrons. The van der Waals surface area contributed by atoms with Crippen molar-refractivity contribution in [2.24, 2.45) is 5.73 Å². The highest BCUT2D eigenvalue weighted by Gasteiger charge is 2.11. The van der Waals surface area contributed by atoms with E-state index in [0.717, 1.165) is 21.6 Å². The predicted molar refractivity (Wildman–Crippen MR) is 80.3 cm³/mol. The van der Waals surface area contributed by atoms with E-state index in [0.29, 0.717) is 12.1 Å². The number of halogens is 1. The van der Waals surface area contributed by atoms with E-state index in [1.54, 1.807) is 6.07 Å². The van der Waals surface area contributed by atoms with Crippen molar-refractivity contribution in [1.29, 1.82) is 0 Å². The second kappa shape index (κ2) is 6.29. The normalized spacial score (nSPS) is 12.4. The molecule has 0 aromatic heterocycles. The fraction of sp³-hybridized carbons (Fsp3) is 0.250. The van der Waals surface area contributed by atoms with Crippen LogP contribution in [0.15, 0.2) is 41.3 Å². The molecule has 0 spiro atoms. The van der Waals surface area contributed by atoms with E-state index in [1.807, 2.05) is 32.0 Å². The summed E-state index contributed by atoms with van der Waals surface area (Å²) in [5.74, 6) is -0.0383. The van der Waals surface area contributed by atoms with Crippen LogP contribution in [0.2, 0.25) is 0 Å². The number of rotatable bonds is 4. The van der Waals surface area contributed by atoms with E-state index < -0.39 is 10.8 Å². The minimum Gasteiger partial charge on any atom is -0.326 e. The Morgan fingerprint density at radius 2 is 1.85 bits per heavy atom. The quantitative estimate of drug-likeness (QED) is 0.940. The van der Waals surface area contributed by atoms with Gasteiger partial charge in [-0.1, -0.05) is 23.8 Å². The molecule has 0 saturated heterocycles. The molecule has 0 heterocycles. The fourth-order valence-electron chi connectivity index (χ4n) is 2.20. The van der Waals surface area contributed by atoms with Gasteiger partial charge in [-0.3, -0.25) is 4.21 Å².